The normalized spacial score (nSPS) is 20.3. The summed E-state index contributed by atoms with van der Waals surface area (Å²) in [7, 11) is 3.59. The third kappa shape index (κ3) is 3.66. The molecule has 0 aromatic carbocycles. The second-order valence-corrected chi connectivity index (χ2v) is 6.29. The number of imidazole rings is 1. The molecule has 0 spiro atoms. The molecule has 1 aliphatic rings. The maximum Gasteiger partial charge on any atom is 0.223 e. The summed E-state index contributed by atoms with van der Waals surface area (Å²) < 4.78 is 7.16. The molecule has 0 aliphatic carbocycles. The highest BCUT2D eigenvalue weighted by Gasteiger charge is 2.41. The molecule has 25 heavy (non-hydrogen) atoms. The Hall–Kier alpha value is -2.41. The van der Waals surface area contributed by atoms with Gasteiger partial charge in [-0.3, -0.25) is 4.79 Å². The highest BCUT2D eigenvalue weighted by molar-refractivity contribution is 5.79. The van der Waals surface area contributed by atoms with E-state index in [9.17, 15) is 4.79 Å². The van der Waals surface area contributed by atoms with E-state index in [2.05, 4.69) is 15.3 Å². The molecule has 1 amide bonds. The van der Waals surface area contributed by atoms with Gasteiger partial charge in [-0.25, -0.2) is 9.97 Å². The van der Waals surface area contributed by atoms with Gasteiger partial charge < -0.3 is 19.5 Å². The smallest absolute Gasteiger partial charge is 0.223 e. The van der Waals surface area contributed by atoms with Gasteiger partial charge in [-0.15, -0.1) is 0 Å². The summed E-state index contributed by atoms with van der Waals surface area (Å²) in [6, 6.07) is 5.74. The summed E-state index contributed by atoms with van der Waals surface area (Å²) >= 11 is 0. The Bertz CT molecular complexity index is 730. The van der Waals surface area contributed by atoms with Crippen molar-refractivity contribution in [1.29, 1.82) is 0 Å². The number of carbonyl (C=O) groups is 1. The van der Waals surface area contributed by atoms with Crippen molar-refractivity contribution in [2.75, 3.05) is 20.2 Å². The SMILES string of the molecule is CCN1C(=O)C[C@@H](CNCc2cccc(OC)n2)[C@@H]1c1nccn1C. The van der Waals surface area contributed by atoms with Crippen LogP contribution in [0.1, 0.15) is 30.9 Å². The Morgan fingerprint density at radius 1 is 1.40 bits per heavy atom. The predicted octanol–water partition coefficient (Wildman–Crippen LogP) is 1.52. The highest BCUT2D eigenvalue weighted by atomic mass is 16.5. The fourth-order valence-corrected chi connectivity index (χ4v) is 3.49. The maximum absolute atomic E-state index is 12.4. The van der Waals surface area contributed by atoms with Crippen LogP contribution in [0, 0.1) is 5.92 Å². The molecule has 1 fully saturated rings. The van der Waals surface area contributed by atoms with E-state index in [1.165, 1.54) is 0 Å². The molecule has 2 aromatic heterocycles. The molecule has 1 N–H and O–H groups in total. The van der Waals surface area contributed by atoms with Gasteiger partial charge in [0, 0.05) is 57.5 Å². The van der Waals surface area contributed by atoms with E-state index in [1.54, 1.807) is 13.3 Å². The molecular weight excluding hydrogens is 318 g/mol. The summed E-state index contributed by atoms with van der Waals surface area (Å²) in [6.45, 7) is 4.09. The standard InChI is InChI=1S/C18H25N5O2/c1-4-23-16(24)10-13(17(23)18-20-8-9-22(18)2)11-19-12-14-6-5-7-15(21-14)25-3/h5-9,13,17,19H,4,10-12H2,1-3H3/t13-,17+/m0/s1. The minimum absolute atomic E-state index is 0.0169. The van der Waals surface area contributed by atoms with E-state index in [-0.39, 0.29) is 17.9 Å². The van der Waals surface area contributed by atoms with Gasteiger partial charge in [0.1, 0.15) is 5.82 Å². The van der Waals surface area contributed by atoms with Crippen molar-refractivity contribution in [2.24, 2.45) is 13.0 Å². The predicted molar refractivity (Wildman–Crippen MR) is 93.9 cm³/mol. The highest BCUT2D eigenvalue weighted by Crippen LogP contribution is 2.36. The van der Waals surface area contributed by atoms with Crippen molar-refractivity contribution in [2.45, 2.75) is 25.9 Å². The van der Waals surface area contributed by atoms with Gasteiger partial charge in [0.25, 0.3) is 0 Å². The zero-order chi connectivity index (χ0) is 17.8. The van der Waals surface area contributed by atoms with Crippen molar-refractivity contribution in [3.8, 4) is 5.88 Å². The van der Waals surface area contributed by atoms with Crippen LogP contribution >= 0.6 is 0 Å². The first-order chi connectivity index (χ1) is 12.1. The number of aromatic nitrogens is 3. The molecule has 134 valence electrons. The molecule has 7 nitrogen and oxygen atoms in total. The number of likely N-dealkylation sites (tertiary alicyclic amines) is 1. The van der Waals surface area contributed by atoms with Gasteiger partial charge in [0.2, 0.25) is 11.8 Å². The Kier molecular flexibility index (Phi) is 5.33. The van der Waals surface area contributed by atoms with Gasteiger partial charge in [0.05, 0.1) is 18.8 Å². The average molecular weight is 343 g/mol. The van der Waals surface area contributed by atoms with Crippen LogP contribution in [0.25, 0.3) is 0 Å². The topological polar surface area (TPSA) is 72.3 Å². The number of pyridine rings is 1. The zero-order valence-corrected chi connectivity index (χ0v) is 15.0. The molecule has 0 saturated carbocycles. The fraction of sp³-hybridized carbons (Fsp3) is 0.500. The molecule has 7 heteroatoms. The van der Waals surface area contributed by atoms with E-state index in [4.69, 9.17) is 4.74 Å². The van der Waals surface area contributed by atoms with Crippen LogP contribution in [0.5, 0.6) is 5.88 Å². The third-order valence-corrected chi connectivity index (χ3v) is 4.71. The van der Waals surface area contributed by atoms with Gasteiger partial charge in [-0.2, -0.15) is 0 Å². The largest absolute Gasteiger partial charge is 0.481 e. The Morgan fingerprint density at radius 3 is 2.92 bits per heavy atom. The average Bonchev–Trinajstić information content (AvgIpc) is 3.17. The monoisotopic (exact) mass is 343 g/mol. The van der Waals surface area contributed by atoms with E-state index in [0.29, 0.717) is 25.4 Å². The lowest BCUT2D eigenvalue weighted by molar-refractivity contribution is -0.128. The van der Waals surface area contributed by atoms with Gasteiger partial charge in [0.15, 0.2) is 0 Å². The molecule has 2 atom stereocenters. The molecule has 3 rings (SSSR count). The molecule has 1 saturated heterocycles. The number of rotatable bonds is 7. The van der Waals surface area contributed by atoms with Crippen molar-refractivity contribution in [1.82, 2.24) is 24.8 Å². The van der Waals surface area contributed by atoms with E-state index in [0.717, 1.165) is 18.1 Å². The van der Waals surface area contributed by atoms with E-state index in [1.807, 2.05) is 47.8 Å². The minimum Gasteiger partial charge on any atom is -0.481 e. The first-order valence-electron chi connectivity index (χ1n) is 8.61. The van der Waals surface area contributed by atoms with Crippen LogP contribution in [-0.4, -0.2) is 45.5 Å². The lowest BCUT2D eigenvalue weighted by atomic mass is 9.99. The first kappa shape index (κ1) is 17.4. The van der Waals surface area contributed by atoms with Crippen molar-refractivity contribution in [3.05, 3.63) is 42.1 Å². The van der Waals surface area contributed by atoms with Crippen LogP contribution in [0.2, 0.25) is 0 Å². The quantitative estimate of drug-likeness (QED) is 0.825. The lowest BCUT2D eigenvalue weighted by Crippen LogP contribution is -2.33. The summed E-state index contributed by atoms with van der Waals surface area (Å²) in [5.41, 5.74) is 0.921. The molecule has 0 unspecified atom stereocenters. The molecule has 2 aromatic rings. The van der Waals surface area contributed by atoms with Crippen LogP contribution in [0.15, 0.2) is 30.6 Å². The number of hydrogen-bond donors (Lipinski definition) is 1. The molecule has 0 bridgehead atoms. The van der Waals surface area contributed by atoms with E-state index < -0.39 is 0 Å². The first-order valence-corrected chi connectivity index (χ1v) is 8.61. The zero-order valence-electron chi connectivity index (χ0n) is 15.0. The van der Waals surface area contributed by atoms with Crippen LogP contribution in [0.3, 0.4) is 0 Å². The molecule has 3 heterocycles. The lowest BCUT2D eigenvalue weighted by Gasteiger charge is -2.27. The van der Waals surface area contributed by atoms with Gasteiger partial charge >= 0.3 is 0 Å². The second kappa shape index (κ2) is 7.65. The number of ether oxygens (including phenoxy) is 1. The van der Waals surface area contributed by atoms with Crippen molar-refractivity contribution < 1.29 is 9.53 Å². The third-order valence-electron chi connectivity index (χ3n) is 4.71. The van der Waals surface area contributed by atoms with E-state index >= 15 is 0 Å². The fourth-order valence-electron chi connectivity index (χ4n) is 3.49. The number of hydrogen-bond acceptors (Lipinski definition) is 5. The van der Waals surface area contributed by atoms with Crippen molar-refractivity contribution in [3.63, 3.8) is 0 Å². The van der Waals surface area contributed by atoms with Crippen LogP contribution < -0.4 is 10.1 Å². The molecule has 0 radical (unpaired) electrons. The number of amides is 1. The summed E-state index contributed by atoms with van der Waals surface area (Å²) in [5.74, 6) is 1.94. The second-order valence-electron chi connectivity index (χ2n) is 6.29. The number of aryl methyl sites for hydroxylation is 1. The van der Waals surface area contributed by atoms with Gasteiger partial charge in [-0.1, -0.05) is 6.07 Å². The number of carbonyl (C=O) groups excluding carboxylic acids is 1. The molecular formula is C18H25N5O2. The summed E-state index contributed by atoms with van der Waals surface area (Å²) in [6.07, 6.45) is 4.26. The minimum atomic E-state index is 0.0169. The summed E-state index contributed by atoms with van der Waals surface area (Å²) in [4.78, 5) is 23.2. The number of nitrogens with one attached hydrogen (secondary N) is 1. The Morgan fingerprint density at radius 2 is 2.24 bits per heavy atom. The van der Waals surface area contributed by atoms with Gasteiger partial charge in [-0.05, 0) is 13.0 Å². The molecule has 1 aliphatic heterocycles. The van der Waals surface area contributed by atoms with Crippen LogP contribution in [-0.2, 0) is 18.4 Å². The summed E-state index contributed by atoms with van der Waals surface area (Å²) in [5, 5.41) is 3.44. The Balaban J connectivity index is 1.67. The number of methoxy groups -OCH3 is 1. The van der Waals surface area contributed by atoms with Crippen molar-refractivity contribution >= 4 is 5.91 Å². The number of nitrogens with zero attached hydrogens (tertiary/aromatic N) is 4. The Labute approximate surface area is 148 Å². The van der Waals surface area contributed by atoms with Crippen LogP contribution in [0.4, 0.5) is 0 Å². The maximum atomic E-state index is 12.4.